The van der Waals surface area contributed by atoms with E-state index in [1.807, 2.05) is 0 Å². The van der Waals surface area contributed by atoms with Crippen LogP contribution in [0.1, 0.15) is 19.8 Å². The molecule has 1 aromatic carbocycles. The Kier molecular flexibility index (Phi) is 4.62. The maximum Gasteiger partial charge on any atom is 0.322 e. The lowest BCUT2D eigenvalue weighted by Gasteiger charge is -2.23. The zero-order valence-electron chi connectivity index (χ0n) is 11.8. The summed E-state index contributed by atoms with van der Waals surface area (Å²) in [6.07, 6.45) is 1.28. The van der Waals surface area contributed by atoms with Crippen molar-refractivity contribution in [3.63, 3.8) is 0 Å². The van der Waals surface area contributed by atoms with Crippen LogP contribution in [0.25, 0.3) is 0 Å². The van der Waals surface area contributed by atoms with E-state index in [1.54, 1.807) is 6.92 Å². The number of carbonyl (C=O) groups excluding carboxylic acids is 2. The highest BCUT2D eigenvalue weighted by atomic mass is 19.1. The van der Waals surface area contributed by atoms with E-state index in [9.17, 15) is 14.0 Å². The average Bonchev–Trinajstić information content (AvgIpc) is 2.91. The van der Waals surface area contributed by atoms with Crippen molar-refractivity contribution >= 4 is 17.6 Å². The quantitative estimate of drug-likeness (QED) is 0.886. The third kappa shape index (κ3) is 3.42. The first-order chi connectivity index (χ1) is 10.0. The van der Waals surface area contributed by atoms with Crippen molar-refractivity contribution in [2.45, 2.75) is 25.8 Å². The molecule has 1 aliphatic heterocycles. The maximum atomic E-state index is 13.2. The Morgan fingerprint density at radius 3 is 2.95 bits per heavy atom. The van der Waals surface area contributed by atoms with E-state index in [2.05, 4.69) is 5.32 Å². The van der Waals surface area contributed by atoms with Crippen LogP contribution in [0, 0.1) is 5.82 Å². The second-order valence-electron chi connectivity index (χ2n) is 4.76. The minimum atomic E-state index is -0.596. The van der Waals surface area contributed by atoms with Crippen molar-refractivity contribution in [1.29, 1.82) is 0 Å². The molecule has 0 aliphatic carbocycles. The van der Waals surface area contributed by atoms with Crippen LogP contribution in [-0.2, 0) is 4.79 Å². The van der Waals surface area contributed by atoms with Crippen molar-refractivity contribution in [2.75, 3.05) is 18.5 Å². The van der Waals surface area contributed by atoms with Gasteiger partial charge in [-0.25, -0.2) is 9.18 Å². The Morgan fingerprint density at radius 2 is 2.29 bits per heavy atom. The molecule has 1 aliphatic rings. The smallest absolute Gasteiger partial charge is 0.322 e. The topological polar surface area (TPSA) is 84.7 Å². The van der Waals surface area contributed by atoms with Gasteiger partial charge in [0.15, 0.2) is 0 Å². The van der Waals surface area contributed by atoms with Gasteiger partial charge in [0, 0.05) is 12.6 Å². The second kappa shape index (κ2) is 6.43. The molecule has 6 nitrogen and oxygen atoms in total. The number of nitrogens with one attached hydrogen (secondary N) is 1. The summed E-state index contributed by atoms with van der Waals surface area (Å²) in [5.41, 5.74) is 5.64. The number of nitrogens with two attached hydrogens (primary N) is 1. The molecule has 1 heterocycles. The molecule has 0 bridgehead atoms. The molecule has 21 heavy (non-hydrogen) atoms. The molecule has 1 saturated heterocycles. The number of halogens is 1. The van der Waals surface area contributed by atoms with Gasteiger partial charge in [0.1, 0.15) is 17.6 Å². The summed E-state index contributed by atoms with van der Waals surface area (Å²) in [5, 5.41) is 2.64. The first-order valence-electron chi connectivity index (χ1n) is 6.82. The maximum absolute atomic E-state index is 13.2. The Balaban J connectivity index is 2.14. The predicted octanol–water partition coefficient (Wildman–Crippen LogP) is 1.71. The molecular weight excluding hydrogens is 277 g/mol. The molecule has 0 spiro atoms. The second-order valence-corrected chi connectivity index (χ2v) is 4.76. The largest absolute Gasteiger partial charge is 0.492 e. The fourth-order valence-corrected chi connectivity index (χ4v) is 2.37. The number of benzene rings is 1. The third-order valence-electron chi connectivity index (χ3n) is 3.33. The minimum Gasteiger partial charge on any atom is -0.492 e. The number of amides is 3. The zero-order chi connectivity index (χ0) is 15.4. The van der Waals surface area contributed by atoms with Gasteiger partial charge in [-0.1, -0.05) is 0 Å². The standard InChI is InChI=1S/C14H18FN3O3/c1-2-21-12-8-9(15)5-6-10(12)17-14(20)18-7-3-4-11(18)13(16)19/h5-6,8,11H,2-4,7H2,1H3,(H2,16,19)(H,17,20). The van der Waals surface area contributed by atoms with Crippen LogP contribution in [0.3, 0.4) is 0 Å². The highest BCUT2D eigenvalue weighted by Gasteiger charge is 2.32. The van der Waals surface area contributed by atoms with E-state index in [1.165, 1.54) is 23.1 Å². The molecule has 3 amide bonds. The highest BCUT2D eigenvalue weighted by Crippen LogP contribution is 2.27. The number of carbonyl (C=O) groups is 2. The Labute approximate surface area is 122 Å². The van der Waals surface area contributed by atoms with Crippen molar-refractivity contribution in [2.24, 2.45) is 5.73 Å². The summed E-state index contributed by atoms with van der Waals surface area (Å²) in [7, 11) is 0. The van der Waals surface area contributed by atoms with E-state index >= 15 is 0 Å². The summed E-state index contributed by atoms with van der Waals surface area (Å²) in [6, 6.07) is 2.82. The molecule has 0 aromatic heterocycles. The van der Waals surface area contributed by atoms with Gasteiger partial charge in [-0.15, -0.1) is 0 Å². The van der Waals surface area contributed by atoms with E-state index in [4.69, 9.17) is 10.5 Å². The van der Waals surface area contributed by atoms with Gasteiger partial charge in [0.25, 0.3) is 0 Å². The van der Waals surface area contributed by atoms with Gasteiger partial charge in [-0.2, -0.15) is 0 Å². The number of nitrogens with zero attached hydrogens (tertiary/aromatic N) is 1. The third-order valence-corrected chi connectivity index (χ3v) is 3.33. The number of likely N-dealkylation sites (tertiary alicyclic amines) is 1. The molecule has 114 valence electrons. The van der Waals surface area contributed by atoms with Crippen molar-refractivity contribution in [1.82, 2.24) is 4.90 Å². The van der Waals surface area contributed by atoms with Gasteiger partial charge < -0.3 is 20.7 Å². The average molecular weight is 295 g/mol. The molecule has 1 aromatic rings. The van der Waals surface area contributed by atoms with Crippen LogP contribution in [0.5, 0.6) is 5.75 Å². The van der Waals surface area contributed by atoms with Gasteiger partial charge >= 0.3 is 6.03 Å². The molecule has 3 N–H and O–H groups in total. The Bertz CT molecular complexity index is 550. The van der Waals surface area contributed by atoms with E-state index < -0.39 is 23.8 Å². The summed E-state index contributed by atoms with van der Waals surface area (Å²) in [5.74, 6) is -0.722. The molecule has 0 saturated carbocycles. The summed E-state index contributed by atoms with van der Waals surface area (Å²) in [6.45, 7) is 2.57. The van der Waals surface area contributed by atoms with Gasteiger partial charge in [-0.05, 0) is 31.9 Å². The molecule has 7 heteroatoms. The Morgan fingerprint density at radius 1 is 1.52 bits per heavy atom. The minimum absolute atomic E-state index is 0.251. The lowest BCUT2D eigenvalue weighted by Crippen LogP contribution is -2.45. The van der Waals surface area contributed by atoms with E-state index in [0.717, 1.165) is 6.42 Å². The SMILES string of the molecule is CCOc1cc(F)ccc1NC(=O)N1CCCC1C(N)=O. The molecule has 2 rings (SSSR count). The number of rotatable bonds is 4. The van der Waals surface area contributed by atoms with Crippen LogP contribution in [0.15, 0.2) is 18.2 Å². The van der Waals surface area contributed by atoms with Crippen LogP contribution >= 0.6 is 0 Å². The number of urea groups is 1. The molecular formula is C14H18FN3O3. The molecule has 1 unspecified atom stereocenters. The number of hydrogen-bond donors (Lipinski definition) is 2. The number of primary amides is 1. The summed E-state index contributed by atoms with van der Waals surface area (Å²) < 4.78 is 18.5. The molecule has 1 atom stereocenters. The summed E-state index contributed by atoms with van der Waals surface area (Å²) in [4.78, 5) is 24.9. The van der Waals surface area contributed by atoms with Crippen LogP contribution < -0.4 is 15.8 Å². The van der Waals surface area contributed by atoms with Gasteiger partial charge in [-0.3, -0.25) is 4.79 Å². The monoisotopic (exact) mass is 295 g/mol. The normalized spacial score (nSPS) is 17.6. The lowest BCUT2D eigenvalue weighted by atomic mass is 10.2. The zero-order valence-corrected chi connectivity index (χ0v) is 11.8. The number of hydrogen-bond acceptors (Lipinski definition) is 3. The number of anilines is 1. The first-order valence-corrected chi connectivity index (χ1v) is 6.82. The highest BCUT2D eigenvalue weighted by molar-refractivity contribution is 5.94. The fourth-order valence-electron chi connectivity index (χ4n) is 2.37. The summed E-state index contributed by atoms with van der Waals surface area (Å²) >= 11 is 0. The predicted molar refractivity (Wildman–Crippen MR) is 75.5 cm³/mol. The fraction of sp³-hybridized carbons (Fsp3) is 0.429. The number of ether oxygens (including phenoxy) is 1. The van der Waals surface area contributed by atoms with E-state index in [-0.39, 0.29) is 5.75 Å². The lowest BCUT2D eigenvalue weighted by molar-refractivity contribution is -0.121. The van der Waals surface area contributed by atoms with Crippen LogP contribution in [0.4, 0.5) is 14.9 Å². The van der Waals surface area contributed by atoms with E-state index in [0.29, 0.717) is 25.3 Å². The molecule has 0 radical (unpaired) electrons. The van der Waals surface area contributed by atoms with Crippen LogP contribution in [-0.4, -0.2) is 36.0 Å². The van der Waals surface area contributed by atoms with Crippen LogP contribution in [0.2, 0.25) is 0 Å². The van der Waals surface area contributed by atoms with Crippen molar-refractivity contribution < 1.29 is 18.7 Å². The van der Waals surface area contributed by atoms with Crippen molar-refractivity contribution in [3.8, 4) is 5.75 Å². The van der Waals surface area contributed by atoms with Gasteiger partial charge in [0.2, 0.25) is 5.91 Å². The first kappa shape index (κ1) is 15.1. The molecule has 1 fully saturated rings. The van der Waals surface area contributed by atoms with Crippen molar-refractivity contribution in [3.05, 3.63) is 24.0 Å². The Hall–Kier alpha value is -2.31. The van der Waals surface area contributed by atoms with Gasteiger partial charge in [0.05, 0.1) is 12.3 Å².